The van der Waals surface area contributed by atoms with E-state index in [1.807, 2.05) is 32.9 Å². The number of hydrogen-bond donors (Lipinski definition) is 2. The number of rotatable bonds is 6. The first-order valence-corrected chi connectivity index (χ1v) is 8.17. The number of aromatic nitrogens is 1. The van der Waals surface area contributed by atoms with Crippen molar-refractivity contribution in [3.05, 3.63) is 53.3 Å². The van der Waals surface area contributed by atoms with E-state index < -0.39 is 5.91 Å². The Morgan fingerprint density at radius 3 is 2.64 bits per heavy atom. The molecule has 0 aliphatic rings. The molecule has 0 saturated heterocycles. The van der Waals surface area contributed by atoms with Gasteiger partial charge in [-0.15, -0.1) is 0 Å². The van der Waals surface area contributed by atoms with Crippen LogP contribution >= 0.6 is 0 Å². The summed E-state index contributed by atoms with van der Waals surface area (Å²) >= 11 is 0. The average molecular weight is 341 g/mol. The van der Waals surface area contributed by atoms with Crippen molar-refractivity contribution < 1.29 is 14.3 Å². The van der Waals surface area contributed by atoms with Gasteiger partial charge in [0.1, 0.15) is 11.4 Å². The lowest BCUT2D eigenvalue weighted by atomic mass is 10.1. The van der Waals surface area contributed by atoms with Crippen LogP contribution in [-0.2, 0) is 0 Å². The summed E-state index contributed by atoms with van der Waals surface area (Å²) in [7, 11) is 1.54. The van der Waals surface area contributed by atoms with Crippen LogP contribution in [-0.4, -0.2) is 29.9 Å². The van der Waals surface area contributed by atoms with Crippen molar-refractivity contribution in [2.75, 3.05) is 12.4 Å². The van der Waals surface area contributed by atoms with E-state index in [4.69, 9.17) is 4.74 Å². The Morgan fingerprint density at radius 2 is 1.96 bits per heavy atom. The van der Waals surface area contributed by atoms with Crippen LogP contribution in [0.5, 0.6) is 5.75 Å². The fourth-order valence-electron chi connectivity index (χ4n) is 2.21. The highest BCUT2D eigenvalue weighted by atomic mass is 16.5. The van der Waals surface area contributed by atoms with Gasteiger partial charge in [-0.2, -0.15) is 0 Å². The second kappa shape index (κ2) is 8.28. The van der Waals surface area contributed by atoms with Crippen molar-refractivity contribution in [3.8, 4) is 5.75 Å². The van der Waals surface area contributed by atoms with Gasteiger partial charge < -0.3 is 15.4 Å². The molecule has 0 aliphatic heterocycles. The first-order chi connectivity index (χ1) is 11.9. The molecule has 0 aliphatic carbocycles. The topological polar surface area (TPSA) is 80.3 Å². The fraction of sp³-hybridized carbons (Fsp3) is 0.316. The highest BCUT2D eigenvalue weighted by Gasteiger charge is 2.15. The molecular weight excluding hydrogens is 318 g/mol. The Balaban J connectivity index is 2.19. The smallest absolute Gasteiger partial charge is 0.274 e. The Morgan fingerprint density at radius 1 is 1.20 bits per heavy atom. The number of amides is 2. The summed E-state index contributed by atoms with van der Waals surface area (Å²) in [6.07, 6.45) is 2.28. The van der Waals surface area contributed by atoms with Gasteiger partial charge in [0.05, 0.1) is 12.8 Å². The van der Waals surface area contributed by atoms with Crippen LogP contribution in [0.4, 0.5) is 5.69 Å². The summed E-state index contributed by atoms with van der Waals surface area (Å²) in [4.78, 5) is 28.7. The molecule has 0 saturated carbocycles. The van der Waals surface area contributed by atoms with Gasteiger partial charge in [0.15, 0.2) is 0 Å². The predicted octanol–water partition coefficient (Wildman–Crippen LogP) is 3.18. The summed E-state index contributed by atoms with van der Waals surface area (Å²) in [5.41, 5.74) is 2.12. The molecule has 0 fully saturated rings. The number of carbonyl (C=O) groups is 2. The van der Waals surface area contributed by atoms with Crippen LogP contribution < -0.4 is 15.4 Å². The molecule has 2 aromatic rings. The highest BCUT2D eigenvalue weighted by molar-refractivity contribution is 6.05. The maximum Gasteiger partial charge on any atom is 0.274 e. The molecule has 6 heteroatoms. The number of carbonyl (C=O) groups excluding carboxylic acids is 2. The molecule has 6 nitrogen and oxygen atoms in total. The minimum atomic E-state index is -0.401. The van der Waals surface area contributed by atoms with E-state index in [0.717, 1.165) is 12.0 Å². The van der Waals surface area contributed by atoms with E-state index in [1.165, 1.54) is 12.3 Å². The second-order valence-electron chi connectivity index (χ2n) is 5.87. The van der Waals surface area contributed by atoms with Gasteiger partial charge >= 0.3 is 0 Å². The summed E-state index contributed by atoms with van der Waals surface area (Å²) < 4.78 is 5.26. The van der Waals surface area contributed by atoms with Gasteiger partial charge in [-0.1, -0.05) is 13.0 Å². The zero-order chi connectivity index (χ0) is 18.4. The molecule has 0 radical (unpaired) electrons. The van der Waals surface area contributed by atoms with E-state index in [2.05, 4.69) is 15.6 Å². The Labute approximate surface area is 147 Å². The summed E-state index contributed by atoms with van der Waals surface area (Å²) in [6.45, 7) is 5.84. The van der Waals surface area contributed by atoms with Gasteiger partial charge in [0.2, 0.25) is 0 Å². The Hall–Kier alpha value is -2.89. The third kappa shape index (κ3) is 4.79. The summed E-state index contributed by atoms with van der Waals surface area (Å²) in [6, 6.07) is 8.63. The van der Waals surface area contributed by atoms with Gasteiger partial charge in [0.25, 0.3) is 11.8 Å². The van der Waals surface area contributed by atoms with Crippen molar-refractivity contribution in [2.45, 2.75) is 33.2 Å². The third-order valence-corrected chi connectivity index (χ3v) is 3.85. The first kappa shape index (κ1) is 18.4. The molecule has 2 N–H and O–H groups in total. The maximum atomic E-state index is 12.5. The van der Waals surface area contributed by atoms with Gasteiger partial charge in [-0.25, -0.2) is 0 Å². The van der Waals surface area contributed by atoms with Crippen LogP contribution in [0, 0.1) is 6.92 Å². The molecule has 2 amide bonds. The standard InChI is InChI=1S/C19H23N3O3/c1-5-13(3)21-18(23)14-8-9-20-16(11-14)19(24)22-15-10-12(2)6-7-17(15)25-4/h6-11,13H,5H2,1-4H3,(H,21,23)(H,22,24). The van der Waals surface area contributed by atoms with E-state index in [9.17, 15) is 9.59 Å². The van der Waals surface area contributed by atoms with Crippen LogP contribution in [0.1, 0.15) is 46.7 Å². The first-order valence-electron chi connectivity index (χ1n) is 8.17. The SMILES string of the molecule is CCC(C)NC(=O)c1ccnc(C(=O)Nc2cc(C)ccc2OC)c1. The summed E-state index contributed by atoms with van der Waals surface area (Å²) in [5.74, 6) is -0.0642. The van der Waals surface area contributed by atoms with Crippen molar-refractivity contribution in [1.82, 2.24) is 10.3 Å². The fourth-order valence-corrected chi connectivity index (χ4v) is 2.21. The molecule has 1 heterocycles. The number of nitrogens with zero attached hydrogens (tertiary/aromatic N) is 1. The van der Waals surface area contributed by atoms with Gasteiger partial charge in [0, 0.05) is 17.8 Å². The largest absolute Gasteiger partial charge is 0.495 e. The van der Waals surface area contributed by atoms with E-state index >= 15 is 0 Å². The lowest BCUT2D eigenvalue weighted by molar-refractivity contribution is 0.0939. The number of hydrogen-bond acceptors (Lipinski definition) is 4. The van der Waals surface area contributed by atoms with E-state index in [1.54, 1.807) is 19.2 Å². The van der Waals surface area contributed by atoms with Crippen molar-refractivity contribution in [3.63, 3.8) is 0 Å². The molecular formula is C19H23N3O3. The number of aryl methyl sites for hydroxylation is 1. The van der Waals surface area contributed by atoms with Crippen molar-refractivity contribution >= 4 is 17.5 Å². The quantitative estimate of drug-likeness (QED) is 0.846. The van der Waals surface area contributed by atoms with Crippen LogP contribution in [0.3, 0.4) is 0 Å². The highest BCUT2D eigenvalue weighted by Crippen LogP contribution is 2.25. The molecule has 132 valence electrons. The molecule has 1 atom stereocenters. The van der Waals surface area contributed by atoms with Crippen molar-refractivity contribution in [2.24, 2.45) is 0 Å². The Kier molecular flexibility index (Phi) is 6.11. The molecule has 1 unspecified atom stereocenters. The molecule has 1 aromatic carbocycles. The molecule has 1 aromatic heterocycles. The number of anilines is 1. The monoisotopic (exact) mass is 341 g/mol. The number of benzene rings is 1. The van der Waals surface area contributed by atoms with Crippen LogP contribution in [0.25, 0.3) is 0 Å². The number of ether oxygens (including phenoxy) is 1. The average Bonchev–Trinajstić information content (AvgIpc) is 2.61. The minimum absolute atomic E-state index is 0.0643. The van der Waals surface area contributed by atoms with Crippen LogP contribution in [0.15, 0.2) is 36.5 Å². The zero-order valence-electron chi connectivity index (χ0n) is 14.9. The lowest BCUT2D eigenvalue weighted by Gasteiger charge is -2.12. The maximum absolute atomic E-state index is 12.5. The number of pyridine rings is 1. The minimum Gasteiger partial charge on any atom is -0.495 e. The van der Waals surface area contributed by atoms with Crippen molar-refractivity contribution in [1.29, 1.82) is 0 Å². The lowest BCUT2D eigenvalue weighted by Crippen LogP contribution is -2.32. The number of nitrogens with one attached hydrogen (secondary N) is 2. The molecule has 2 rings (SSSR count). The van der Waals surface area contributed by atoms with Crippen LogP contribution in [0.2, 0.25) is 0 Å². The third-order valence-electron chi connectivity index (χ3n) is 3.85. The molecule has 25 heavy (non-hydrogen) atoms. The van der Waals surface area contributed by atoms with E-state index in [-0.39, 0.29) is 17.6 Å². The molecule has 0 bridgehead atoms. The Bertz CT molecular complexity index is 774. The van der Waals surface area contributed by atoms with E-state index in [0.29, 0.717) is 17.0 Å². The summed E-state index contributed by atoms with van der Waals surface area (Å²) in [5, 5.41) is 5.65. The molecule has 0 spiro atoms. The zero-order valence-corrected chi connectivity index (χ0v) is 14.9. The second-order valence-corrected chi connectivity index (χ2v) is 5.87. The number of methoxy groups -OCH3 is 1. The van der Waals surface area contributed by atoms with Gasteiger partial charge in [-0.3, -0.25) is 14.6 Å². The predicted molar refractivity (Wildman–Crippen MR) is 97.1 cm³/mol. The normalized spacial score (nSPS) is 11.5. The van der Waals surface area contributed by atoms with Gasteiger partial charge in [-0.05, 0) is 50.1 Å².